The topological polar surface area (TPSA) is 93.0 Å². The van der Waals surface area contributed by atoms with Gasteiger partial charge in [0.25, 0.3) is 0 Å². The van der Waals surface area contributed by atoms with Crippen LogP contribution < -0.4 is 0 Å². The Kier molecular flexibility index (Phi) is 4.79. The molecule has 0 saturated heterocycles. The fraction of sp³-hybridized carbons (Fsp3) is 0.500. The van der Waals surface area contributed by atoms with Crippen LogP contribution in [0.15, 0.2) is 29.4 Å². The number of carbonyl (C=O) groups is 1. The van der Waals surface area contributed by atoms with E-state index in [0.717, 1.165) is 18.2 Å². The first kappa shape index (κ1) is 17.5. The van der Waals surface area contributed by atoms with Crippen molar-refractivity contribution < 1.29 is 23.2 Å². The lowest BCUT2D eigenvalue weighted by atomic mass is 9.96. The maximum absolute atomic E-state index is 11.8. The van der Waals surface area contributed by atoms with Gasteiger partial charge < -0.3 is 9.94 Å². The van der Waals surface area contributed by atoms with Gasteiger partial charge >= 0.3 is 5.97 Å². The van der Waals surface area contributed by atoms with E-state index in [-0.39, 0.29) is 6.42 Å². The molecule has 0 amide bonds. The SMILES string of the molecule is CCc1ccc(C2=NO[C@@H](C[C@](C)(C(=O)O)S(C)(=O)=O)C2)cc1. The van der Waals surface area contributed by atoms with Crippen molar-refractivity contribution in [2.24, 2.45) is 5.16 Å². The van der Waals surface area contributed by atoms with Gasteiger partial charge in [0.1, 0.15) is 6.10 Å². The highest BCUT2D eigenvalue weighted by molar-refractivity contribution is 7.92. The third-order valence-corrected chi connectivity index (χ3v) is 6.29. The van der Waals surface area contributed by atoms with Gasteiger partial charge in [-0.2, -0.15) is 0 Å². The van der Waals surface area contributed by atoms with Crippen LogP contribution in [0.1, 0.15) is 37.8 Å². The van der Waals surface area contributed by atoms with E-state index in [1.54, 1.807) is 0 Å². The third-order valence-electron chi connectivity index (χ3n) is 4.32. The lowest BCUT2D eigenvalue weighted by Gasteiger charge is -2.24. The van der Waals surface area contributed by atoms with Crippen LogP contribution >= 0.6 is 0 Å². The molecule has 1 heterocycles. The highest BCUT2D eigenvalue weighted by atomic mass is 32.2. The molecule has 0 bridgehead atoms. The van der Waals surface area contributed by atoms with Crippen molar-refractivity contribution >= 4 is 21.5 Å². The van der Waals surface area contributed by atoms with E-state index < -0.39 is 26.7 Å². The number of rotatable bonds is 6. The van der Waals surface area contributed by atoms with E-state index in [4.69, 9.17) is 4.84 Å². The molecular weight excluding hydrogens is 318 g/mol. The predicted molar refractivity (Wildman–Crippen MR) is 87.3 cm³/mol. The average Bonchev–Trinajstić information content (AvgIpc) is 2.94. The molecule has 1 aliphatic heterocycles. The second kappa shape index (κ2) is 6.31. The zero-order chi connectivity index (χ0) is 17.3. The molecule has 0 saturated carbocycles. The Morgan fingerprint density at radius 3 is 2.48 bits per heavy atom. The summed E-state index contributed by atoms with van der Waals surface area (Å²) in [6.07, 6.45) is 1.57. The van der Waals surface area contributed by atoms with Crippen molar-refractivity contribution in [1.29, 1.82) is 0 Å². The van der Waals surface area contributed by atoms with Gasteiger partial charge in [-0.1, -0.05) is 36.3 Å². The van der Waals surface area contributed by atoms with Gasteiger partial charge in [0.15, 0.2) is 14.6 Å². The number of hydrogen-bond donors (Lipinski definition) is 1. The average molecular weight is 339 g/mol. The molecule has 7 heteroatoms. The van der Waals surface area contributed by atoms with Crippen molar-refractivity contribution in [3.05, 3.63) is 35.4 Å². The third kappa shape index (κ3) is 3.55. The number of nitrogens with zero attached hydrogens (tertiary/aromatic N) is 1. The first-order chi connectivity index (χ1) is 10.7. The monoisotopic (exact) mass is 339 g/mol. The summed E-state index contributed by atoms with van der Waals surface area (Å²) in [6.45, 7) is 3.28. The lowest BCUT2D eigenvalue weighted by Crippen LogP contribution is -2.45. The fourth-order valence-corrected chi connectivity index (χ4v) is 3.28. The molecule has 0 aromatic heterocycles. The molecule has 0 fully saturated rings. The van der Waals surface area contributed by atoms with Crippen LogP contribution in [0, 0.1) is 0 Å². The van der Waals surface area contributed by atoms with E-state index >= 15 is 0 Å². The van der Waals surface area contributed by atoms with Crippen LogP contribution in [0.25, 0.3) is 0 Å². The Balaban J connectivity index is 2.11. The van der Waals surface area contributed by atoms with Gasteiger partial charge in [0.2, 0.25) is 0 Å². The minimum absolute atomic E-state index is 0.138. The second-order valence-electron chi connectivity index (χ2n) is 6.03. The summed E-state index contributed by atoms with van der Waals surface area (Å²) in [5.74, 6) is -1.37. The maximum Gasteiger partial charge on any atom is 0.324 e. The van der Waals surface area contributed by atoms with Crippen LogP contribution in [0.2, 0.25) is 0 Å². The van der Waals surface area contributed by atoms with Crippen molar-refractivity contribution in [1.82, 2.24) is 0 Å². The minimum atomic E-state index is -3.77. The van der Waals surface area contributed by atoms with E-state index in [1.807, 2.05) is 24.3 Å². The molecular formula is C16H21NO5S. The number of aliphatic carboxylic acids is 1. The maximum atomic E-state index is 11.8. The Bertz CT molecular complexity index is 723. The molecule has 0 unspecified atom stereocenters. The van der Waals surface area contributed by atoms with Crippen LogP contribution in [-0.4, -0.2) is 42.3 Å². The summed E-state index contributed by atoms with van der Waals surface area (Å²) in [6, 6.07) is 7.89. The van der Waals surface area contributed by atoms with Crippen LogP contribution in [0.5, 0.6) is 0 Å². The number of carboxylic acids is 1. The van der Waals surface area contributed by atoms with Crippen molar-refractivity contribution in [3.8, 4) is 0 Å². The lowest BCUT2D eigenvalue weighted by molar-refractivity contribution is -0.140. The highest BCUT2D eigenvalue weighted by Gasteiger charge is 2.47. The predicted octanol–water partition coefficient (Wildman–Crippen LogP) is 2.02. The molecule has 0 aliphatic carbocycles. The van der Waals surface area contributed by atoms with Gasteiger partial charge in [0.05, 0.1) is 5.71 Å². The number of benzene rings is 1. The normalized spacial score (nSPS) is 20.5. The minimum Gasteiger partial charge on any atom is -0.480 e. The van der Waals surface area contributed by atoms with E-state index in [2.05, 4.69) is 12.1 Å². The van der Waals surface area contributed by atoms with Crippen molar-refractivity contribution in [3.63, 3.8) is 0 Å². The van der Waals surface area contributed by atoms with E-state index in [0.29, 0.717) is 12.1 Å². The quantitative estimate of drug-likeness (QED) is 0.856. The smallest absolute Gasteiger partial charge is 0.324 e. The van der Waals surface area contributed by atoms with E-state index in [9.17, 15) is 18.3 Å². The molecule has 0 radical (unpaired) electrons. The Morgan fingerprint density at radius 2 is 2.00 bits per heavy atom. The van der Waals surface area contributed by atoms with Crippen LogP contribution in [0.3, 0.4) is 0 Å². The number of oxime groups is 1. The Hall–Kier alpha value is -1.89. The molecule has 1 aromatic rings. The first-order valence-corrected chi connectivity index (χ1v) is 9.31. The molecule has 2 rings (SSSR count). The van der Waals surface area contributed by atoms with Crippen LogP contribution in [0.4, 0.5) is 0 Å². The van der Waals surface area contributed by atoms with Crippen LogP contribution in [-0.2, 0) is 25.9 Å². The number of carboxylic acid groups (broad SMARTS) is 1. The number of hydrogen-bond acceptors (Lipinski definition) is 5. The van der Waals surface area contributed by atoms with Gasteiger partial charge in [0, 0.05) is 19.1 Å². The van der Waals surface area contributed by atoms with E-state index in [1.165, 1.54) is 12.5 Å². The summed E-state index contributed by atoms with van der Waals surface area (Å²) in [4.78, 5) is 16.7. The van der Waals surface area contributed by atoms with Gasteiger partial charge in [-0.15, -0.1) is 0 Å². The van der Waals surface area contributed by atoms with Gasteiger partial charge in [-0.3, -0.25) is 4.79 Å². The summed E-state index contributed by atoms with van der Waals surface area (Å²) in [5.41, 5.74) is 2.82. The zero-order valence-corrected chi connectivity index (χ0v) is 14.3. The zero-order valence-electron chi connectivity index (χ0n) is 13.4. The summed E-state index contributed by atoms with van der Waals surface area (Å²) in [5, 5.41) is 13.3. The fourth-order valence-electron chi connectivity index (χ4n) is 2.47. The molecule has 0 spiro atoms. The molecule has 2 atom stereocenters. The Labute approximate surface area is 136 Å². The first-order valence-electron chi connectivity index (χ1n) is 7.42. The molecule has 1 aliphatic rings. The largest absolute Gasteiger partial charge is 0.480 e. The summed E-state index contributed by atoms with van der Waals surface area (Å²) >= 11 is 0. The summed E-state index contributed by atoms with van der Waals surface area (Å²) in [7, 11) is -3.77. The van der Waals surface area contributed by atoms with Gasteiger partial charge in [-0.05, 0) is 24.5 Å². The Morgan fingerprint density at radius 1 is 1.39 bits per heavy atom. The standard InChI is InChI=1S/C16H21NO5S/c1-4-11-5-7-12(8-6-11)14-9-13(22-17-14)10-16(2,15(18)19)23(3,20)21/h5-8,13H,4,9-10H2,1-3H3,(H,18,19)/t13-,16-/m1/s1. The summed E-state index contributed by atoms with van der Waals surface area (Å²) < 4.78 is 21.8. The molecule has 23 heavy (non-hydrogen) atoms. The molecule has 1 N–H and O–H groups in total. The molecule has 6 nitrogen and oxygen atoms in total. The highest BCUT2D eigenvalue weighted by Crippen LogP contribution is 2.29. The molecule has 1 aromatic carbocycles. The number of sulfone groups is 1. The van der Waals surface area contributed by atoms with Gasteiger partial charge in [-0.25, -0.2) is 8.42 Å². The van der Waals surface area contributed by atoms with Crippen molar-refractivity contribution in [2.45, 2.75) is 44.0 Å². The van der Waals surface area contributed by atoms with Crippen molar-refractivity contribution in [2.75, 3.05) is 6.26 Å². The second-order valence-corrected chi connectivity index (χ2v) is 8.48. The molecule has 126 valence electrons. The number of aryl methyl sites for hydroxylation is 1.